The van der Waals surface area contributed by atoms with Gasteiger partial charge in [0.2, 0.25) is 0 Å². The number of benzene rings is 2. The van der Waals surface area contributed by atoms with Crippen LogP contribution in [0.1, 0.15) is 23.0 Å². The molecule has 1 aliphatic rings. The number of hydrogen-bond donors (Lipinski definition) is 0. The van der Waals surface area contributed by atoms with Crippen molar-refractivity contribution in [3.8, 4) is 5.75 Å². The van der Waals surface area contributed by atoms with Gasteiger partial charge in [-0.25, -0.2) is 0 Å². The molecule has 132 valence electrons. The first kappa shape index (κ1) is 16.4. The Bertz CT molecular complexity index is 974. The number of fused-ring (bicyclic) bond motifs is 3. The van der Waals surface area contributed by atoms with Crippen molar-refractivity contribution in [1.82, 2.24) is 4.57 Å². The maximum atomic E-state index is 12.5. The van der Waals surface area contributed by atoms with Gasteiger partial charge in [0.05, 0.1) is 12.3 Å². The first-order valence-corrected chi connectivity index (χ1v) is 8.68. The van der Waals surface area contributed by atoms with Gasteiger partial charge >= 0.3 is 5.97 Å². The van der Waals surface area contributed by atoms with Crippen molar-refractivity contribution in [2.24, 2.45) is 5.92 Å². The van der Waals surface area contributed by atoms with E-state index in [1.165, 1.54) is 0 Å². The summed E-state index contributed by atoms with van der Waals surface area (Å²) in [6.07, 6.45) is 0. The Morgan fingerprint density at radius 3 is 2.73 bits per heavy atom. The lowest BCUT2D eigenvalue weighted by molar-refractivity contribution is -0.146. The summed E-state index contributed by atoms with van der Waals surface area (Å²) in [7, 11) is 0. The van der Waals surface area contributed by atoms with E-state index in [9.17, 15) is 9.59 Å². The molecular formula is C21H19NO4. The lowest BCUT2D eigenvalue weighted by Gasteiger charge is -2.09. The fraction of sp³-hybridized carbons (Fsp3) is 0.238. The minimum Gasteiger partial charge on any atom is -0.489 e. The van der Waals surface area contributed by atoms with Crippen LogP contribution in [0.25, 0.3) is 10.9 Å². The van der Waals surface area contributed by atoms with Gasteiger partial charge in [-0.2, -0.15) is 0 Å². The molecule has 0 aliphatic carbocycles. The van der Waals surface area contributed by atoms with Gasteiger partial charge in [0, 0.05) is 17.4 Å². The van der Waals surface area contributed by atoms with Crippen LogP contribution in [-0.2, 0) is 22.7 Å². The highest BCUT2D eigenvalue weighted by Crippen LogP contribution is 2.32. The number of Topliss-reactive ketones (excluding diaryl/α,β-unsaturated/α-hetero) is 1. The monoisotopic (exact) mass is 349 g/mol. The Morgan fingerprint density at radius 2 is 1.96 bits per heavy atom. The van der Waals surface area contributed by atoms with E-state index >= 15 is 0 Å². The van der Waals surface area contributed by atoms with E-state index in [1.807, 2.05) is 59.2 Å². The molecule has 4 rings (SSSR count). The maximum absolute atomic E-state index is 12.5. The third kappa shape index (κ3) is 2.86. The normalized spacial score (nSPS) is 15.9. The first-order chi connectivity index (χ1) is 12.7. The smallest absolute Gasteiger partial charge is 0.318 e. The second-order valence-electron chi connectivity index (χ2n) is 6.30. The maximum Gasteiger partial charge on any atom is 0.318 e. The summed E-state index contributed by atoms with van der Waals surface area (Å²) in [5.74, 6) is -0.605. The summed E-state index contributed by atoms with van der Waals surface area (Å²) < 4.78 is 12.7. The zero-order chi connectivity index (χ0) is 18.1. The molecule has 0 bridgehead atoms. The molecule has 0 spiro atoms. The van der Waals surface area contributed by atoms with Crippen LogP contribution >= 0.6 is 0 Å². The van der Waals surface area contributed by atoms with E-state index in [2.05, 4.69) is 0 Å². The van der Waals surface area contributed by atoms with Crippen molar-refractivity contribution in [2.75, 3.05) is 6.61 Å². The van der Waals surface area contributed by atoms with Crippen molar-refractivity contribution in [3.05, 3.63) is 65.9 Å². The van der Waals surface area contributed by atoms with Crippen LogP contribution in [0.3, 0.4) is 0 Å². The highest BCUT2D eigenvalue weighted by Gasteiger charge is 2.38. The Morgan fingerprint density at radius 1 is 1.15 bits per heavy atom. The quantitative estimate of drug-likeness (QED) is 0.522. The van der Waals surface area contributed by atoms with Crippen LogP contribution in [0, 0.1) is 5.92 Å². The molecule has 5 nitrogen and oxygen atoms in total. The van der Waals surface area contributed by atoms with Crippen molar-refractivity contribution < 1.29 is 19.1 Å². The predicted octanol–water partition coefficient (Wildman–Crippen LogP) is 3.60. The molecular weight excluding hydrogens is 330 g/mol. The average Bonchev–Trinajstić information content (AvgIpc) is 3.17. The Hall–Kier alpha value is -3.08. The van der Waals surface area contributed by atoms with E-state index < -0.39 is 11.9 Å². The largest absolute Gasteiger partial charge is 0.489 e. The number of nitrogens with zero attached hydrogens (tertiary/aromatic N) is 1. The number of hydrogen-bond acceptors (Lipinski definition) is 4. The molecule has 2 aromatic carbocycles. The number of aromatic nitrogens is 1. The molecule has 0 saturated carbocycles. The van der Waals surface area contributed by atoms with Crippen LogP contribution in [0.15, 0.2) is 54.6 Å². The standard InChI is InChI=1S/C21H19NO4/c1-2-25-21(24)17-12-22-18-9-8-16(10-15(18)11-19(22)20(17)23)26-13-14-6-4-3-5-7-14/h3-11,17H,2,12-13H2,1H3. The molecule has 3 aromatic rings. The van der Waals surface area contributed by atoms with Crippen LogP contribution in [0.5, 0.6) is 5.75 Å². The van der Waals surface area contributed by atoms with Crippen molar-refractivity contribution in [3.63, 3.8) is 0 Å². The predicted molar refractivity (Wildman–Crippen MR) is 97.2 cm³/mol. The van der Waals surface area contributed by atoms with Gasteiger partial charge in [-0.15, -0.1) is 0 Å². The zero-order valence-electron chi connectivity index (χ0n) is 14.5. The highest BCUT2D eigenvalue weighted by molar-refractivity contribution is 6.12. The summed E-state index contributed by atoms with van der Waals surface area (Å²) in [5, 5.41) is 0.932. The average molecular weight is 349 g/mol. The molecule has 0 fully saturated rings. The van der Waals surface area contributed by atoms with Crippen molar-refractivity contribution in [2.45, 2.75) is 20.1 Å². The molecule has 0 N–H and O–H groups in total. The molecule has 1 aliphatic heterocycles. The number of rotatable bonds is 5. The van der Waals surface area contributed by atoms with E-state index in [4.69, 9.17) is 9.47 Å². The first-order valence-electron chi connectivity index (χ1n) is 8.68. The summed E-state index contributed by atoms with van der Waals surface area (Å²) in [5.41, 5.74) is 2.57. The number of carbonyl (C=O) groups excluding carboxylic acids is 2. The summed E-state index contributed by atoms with van der Waals surface area (Å²) in [6.45, 7) is 2.84. The van der Waals surface area contributed by atoms with Crippen molar-refractivity contribution in [1.29, 1.82) is 0 Å². The number of carbonyl (C=O) groups is 2. The van der Waals surface area contributed by atoms with Gasteiger partial charge in [-0.1, -0.05) is 30.3 Å². The molecule has 1 aromatic heterocycles. The van der Waals surface area contributed by atoms with Gasteiger partial charge < -0.3 is 14.0 Å². The summed E-state index contributed by atoms with van der Waals surface area (Å²) >= 11 is 0. The SMILES string of the molecule is CCOC(=O)C1Cn2c(cc3cc(OCc4ccccc4)ccc32)C1=O. The van der Waals surface area contributed by atoms with Crippen LogP contribution < -0.4 is 4.74 Å². The van der Waals surface area contributed by atoms with Crippen LogP contribution in [-0.4, -0.2) is 22.9 Å². The second-order valence-corrected chi connectivity index (χ2v) is 6.30. The molecule has 0 amide bonds. The minimum absolute atomic E-state index is 0.175. The van der Waals surface area contributed by atoms with Crippen LogP contribution in [0.4, 0.5) is 0 Å². The molecule has 1 unspecified atom stereocenters. The lowest BCUT2D eigenvalue weighted by Crippen LogP contribution is -2.23. The second kappa shape index (κ2) is 6.67. The summed E-state index contributed by atoms with van der Waals surface area (Å²) in [4.78, 5) is 24.5. The summed E-state index contributed by atoms with van der Waals surface area (Å²) in [6, 6.07) is 17.5. The number of esters is 1. The number of ketones is 1. The van der Waals surface area contributed by atoms with Gasteiger partial charge in [-0.3, -0.25) is 9.59 Å². The molecule has 0 radical (unpaired) electrons. The van der Waals surface area contributed by atoms with Gasteiger partial charge in [0.25, 0.3) is 0 Å². The third-order valence-electron chi connectivity index (χ3n) is 4.63. The lowest BCUT2D eigenvalue weighted by atomic mass is 10.1. The van der Waals surface area contributed by atoms with Crippen LogP contribution in [0.2, 0.25) is 0 Å². The third-order valence-corrected chi connectivity index (χ3v) is 4.63. The fourth-order valence-corrected chi connectivity index (χ4v) is 3.35. The number of ether oxygens (including phenoxy) is 2. The molecule has 1 atom stereocenters. The molecule has 2 heterocycles. The van der Waals surface area contributed by atoms with E-state index in [1.54, 1.807) is 6.92 Å². The van der Waals surface area contributed by atoms with E-state index in [-0.39, 0.29) is 12.4 Å². The minimum atomic E-state index is -0.733. The van der Waals surface area contributed by atoms with Gasteiger partial charge in [0.15, 0.2) is 5.78 Å². The molecule has 5 heteroatoms. The molecule has 0 saturated heterocycles. The highest BCUT2D eigenvalue weighted by atomic mass is 16.5. The fourth-order valence-electron chi connectivity index (χ4n) is 3.35. The van der Waals surface area contributed by atoms with Gasteiger partial charge in [-0.05, 0) is 36.8 Å². The zero-order valence-corrected chi connectivity index (χ0v) is 14.5. The Labute approximate surface area is 151 Å². The Kier molecular flexibility index (Phi) is 4.21. The van der Waals surface area contributed by atoms with Gasteiger partial charge in [0.1, 0.15) is 18.3 Å². The van der Waals surface area contributed by atoms with E-state index in [0.29, 0.717) is 18.8 Å². The molecule has 26 heavy (non-hydrogen) atoms. The topological polar surface area (TPSA) is 57.5 Å². The Balaban J connectivity index is 1.55. The van der Waals surface area contributed by atoms with E-state index in [0.717, 1.165) is 22.2 Å². The van der Waals surface area contributed by atoms with Crippen molar-refractivity contribution >= 4 is 22.7 Å².